The van der Waals surface area contributed by atoms with Crippen molar-refractivity contribution in [1.29, 1.82) is 5.26 Å². The van der Waals surface area contributed by atoms with E-state index in [9.17, 15) is 4.39 Å². The van der Waals surface area contributed by atoms with Gasteiger partial charge in [-0.05, 0) is 34.5 Å². The number of hydrogen-bond donors (Lipinski definition) is 1. The van der Waals surface area contributed by atoms with Crippen LogP contribution in [0.4, 0.5) is 10.1 Å². The first kappa shape index (κ1) is 14.0. The molecule has 1 heterocycles. The average molecular weight is 340 g/mol. The third-order valence-electron chi connectivity index (χ3n) is 2.58. The lowest BCUT2D eigenvalue weighted by Crippen LogP contribution is -2.02. The molecule has 0 unspecified atom stereocenters. The summed E-state index contributed by atoms with van der Waals surface area (Å²) in [6, 6.07) is 5.06. The molecule has 6 heteroatoms. The maximum absolute atomic E-state index is 13.9. The average Bonchev–Trinajstić information content (AvgIpc) is 2.88. The summed E-state index contributed by atoms with van der Waals surface area (Å²) in [7, 11) is 0. The SMILES string of the molecule is CCc1cnc(CNc2ccc(C#N)c(Br)c2F)s1. The van der Waals surface area contributed by atoms with E-state index in [4.69, 9.17) is 5.26 Å². The minimum atomic E-state index is -0.452. The molecule has 3 nitrogen and oxygen atoms in total. The fourth-order valence-corrected chi connectivity index (χ4v) is 2.77. The molecule has 0 fully saturated rings. The zero-order valence-corrected chi connectivity index (χ0v) is 12.6. The fourth-order valence-electron chi connectivity index (χ4n) is 1.54. The molecule has 1 N–H and O–H groups in total. The molecule has 0 saturated heterocycles. The predicted octanol–water partition coefficient (Wildman–Crippen LogP) is 4.09. The Morgan fingerprint density at radius 2 is 2.32 bits per heavy atom. The van der Waals surface area contributed by atoms with E-state index in [0.717, 1.165) is 11.4 Å². The minimum Gasteiger partial charge on any atom is -0.376 e. The second-order valence-electron chi connectivity index (χ2n) is 3.83. The van der Waals surface area contributed by atoms with Gasteiger partial charge in [-0.1, -0.05) is 6.92 Å². The van der Waals surface area contributed by atoms with E-state index < -0.39 is 5.82 Å². The van der Waals surface area contributed by atoms with Gasteiger partial charge in [0.1, 0.15) is 11.1 Å². The van der Waals surface area contributed by atoms with E-state index in [-0.39, 0.29) is 10.0 Å². The van der Waals surface area contributed by atoms with Crippen LogP contribution in [0.25, 0.3) is 0 Å². The molecular weight excluding hydrogens is 329 g/mol. The number of benzene rings is 1. The zero-order valence-electron chi connectivity index (χ0n) is 10.2. The van der Waals surface area contributed by atoms with Crippen molar-refractivity contribution < 1.29 is 4.39 Å². The molecule has 19 heavy (non-hydrogen) atoms. The molecule has 0 aliphatic carbocycles. The molecule has 2 rings (SSSR count). The van der Waals surface area contributed by atoms with Crippen LogP contribution in [-0.4, -0.2) is 4.98 Å². The van der Waals surface area contributed by atoms with Crippen LogP contribution in [0.1, 0.15) is 22.4 Å². The Hall–Kier alpha value is -1.45. The molecule has 0 aliphatic heterocycles. The Bertz CT molecular complexity index is 633. The first-order chi connectivity index (χ1) is 9.15. The van der Waals surface area contributed by atoms with Crippen LogP contribution >= 0.6 is 27.3 Å². The Morgan fingerprint density at radius 1 is 1.53 bits per heavy atom. The van der Waals surface area contributed by atoms with E-state index in [2.05, 4.69) is 33.2 Å². The molecule has 0 amide bonds. The zero-order chi connectivity index (χ0) is 13.8. The van der Waals surface area contributed by atoms with Crippen LogP contribution in [0.3, 0.4) is 0 Å². The molecule has 0 bridgehead atoms. The lowest BCUT2D eigenvalue weighted by Gasteiger charge is -2.07. The van der Waals surface area contributed by atoms with Crippen LogP contribution in [0.15, 0.2) is 22.8 Å². The summed E-state index contributed by atoms with van der Waals surface area (Å²) < 4.78 is 14.1. The first-order valence-electron chi connectivity index (χ1n) is 5.71. The standard InChI is InChI=1S/C13H11BrFN3S/c1-2-9-6-18-11(19-9)7-17-10-4-3-8(5-16)12(14)13(10)15/h3-4,6,17H,2,7H2,1H3. The van der Waals surface area contributed by atoms with Gasteiger partial charge >= 0.3 is 0 Å². The largest absolute Gasteiger partial charge is 0.376 e. The maximum Gasteiger partial charge on any atom is 0.161 e. The smallest absolute Gasteiger partial charge is 0.161 e. The third kappa shape index (κ3) is 3.11. The lowest BCUT2D eigenvalue weighted by atomic mass is 10.2. The van der Waals surface area contributed by atoms with E-state index in [1.165, 1.54) is 4.88 Å². The summed E-state index contributed by atoms with van der Waals surface area (Å²) in [6.45, 7) is 2.54. The molecule has 0 radical (unpaired) electrons. The minimum absolute atomic E-state index is 0.188. The van der Waals surface area contributed by atoms with E-state index in [1.807, 2.05) is 12.3 Å². The quantitative estimate of drug-likeness (QED) is 0.912. The number of nitrogens with one attached hydrogen (secondary N) is 1. The summed E-state index contributed by atoms with van der Waals surface area (Å²) in [5, 5.41) is 12.7. The monoisotopic (exact) mass is 339 g/mol. The van der Waals surface area contributed by atoms with Crippen LogP contribution in [0.2, 0.25) is 0 Å². The summed E-state index contributed by atoms with van der Waals surface area (Å²) in [6.07, 6.45) is 2.79. The number of thiazole rings is 1. The van der Waals surface area contributed by atoms with Gasteiger partial charge in [0.2, 0.25) is 0 Å². The summed E-state index contributed by atoms with van der Waals surface area (Å²) in [5.41, 5.74) is 0.643. The van der Waals surface area contributed by atoms with Crippen molar-refractivity contribution in [2.75, 3.05) is 5.32 Å². The van der Waals surface area contributed by atoms with E-state index in [0.29, 0.717) is 12.2 Å². The summed E-state index contributed by atoms with van der Waals surface area (Å²) in [4.78, 5) is 5.46. The number of rotatable bonds is 4. The molecular formula is C13H11BrFN3S. The van der Waals surface area contributed by atoms with Crippen molar-refractivity contribution in [2.24, 2.45) is 0 Å². The Kier molecular flexibility index (Phi) is 4.51. The van der Waals surface area contributed by atoms with Gasteiger partial charge in [-0.2, -0.15) is 5.26 Å². The maximum atomic E-state index is 13.9. The third-order valence-corrected chi connectivity index (χ3v) is 4.50. The fraction of sp³-hybridized carbons (Fsp3) is 0.231. The molecule has 0 atom stereocenters. The van der Waals surface area contributed by atoms with Crippen molar-refractivity contribution in [3.63, 3.8) is 0 Å². The molecule has 0 aliphatic rings. The lowest BCUT2D eigenvalue weighted by molar-refractivity contribution is 0.623. The number of aryl methyl sites for hydroxylation is 1. The number of nitrogens with zero attached hydrogens (tertiary/aromatic N) is 2. The van der Waals surface area contributed by atoms with Crippen LogP contribution in [-0.2, 0) is 13.0 Å². The van der Waals surface area contributed by atoms with Gasteiger partial charge in [0.05, 0.1) is 22.3 Å². The number of anilines is 1. The normalized spacial score (nSPS) is 10.2. The summed E-state index contributed by atoms with van der Waals surface area (Å²) in [5.74, 6) is -0.452. The predicted molar refractivity (Wildman–Crippen MR) is 77.6 cm³/mol. The van der Waals surface area contributed by atoms with Gasteiger partial charge in [0.25, 0.3) is 0 Å². The number of hydrogen-bond acceptors (Lipinski definition) is 4. The van der Waals surface area contributed by atoms with Crippen molar-refractivity contribution in [1.82, 2.24) is 4.98 Å². The van der Waals surface area contributed by atoms with Gasteiger partial charge in [0.15, 0.2) is 5.82 Å². The van der Waals surface area contributed by atoms with Crippen LogP contribution < -0.4 is 5.32 Å². The molecule has 2 aromatic rings. The van der Waals surface area contributed by atoms with Gasteiger partial charge in [-0.25, -0.2) is 9.37 Å². The highest BCUT2D eigenvalue weighted by atomic mass is 79.9. The van der Waals surface area contributed by atoms with Crippen molar-refractivity contribution in [3.8, 4) is 6.07 Å². The Balaban J connectivity index is 2.12. The summed E-state index contributed by atoms with van der Waals surface area (Å²) >= 11 is 4.69. The Morgan fingerprint density at radius 3 is 2.95 bits per heavy atom. The molecule has 0 saturated carbocycles. The number of halogens is 2. The van der Waals surface area contributed by atoms with Crippen LogP contribution in [0.5, 0.6) is 0 Å². The molecule has 0 spiro atoms. The van der Waals surface area contributed by atoms with E-state index in [1.54, 1.807) is 23.5 Å². The highest BCUT2D eigenvalue weighted by Crippen LogP contribution is 2.27. The second kappa shape index (κ2) is 6.13. The highest BCUT2D eigenvalue weighted by molar-refractivity contribution is 9.10. The Labute approximate surface area is 123 Å². The number of nitriles is 1. The van der Waals surface area contributed by atoms with Gasteiger partial charge in [0, 0.05) is 11.1 Å². The van der Waals surface area contributed by atoms with Crippen molar-refractivity contribution >= 4 is 33.0 Å². The van der Waals surface area contributed by atoms with Crippen LogP contribution in [0, 0.1) is 17.1 Å². The second-order valence-corrected chi connectivity index (χ2v) is 5.82. The van der Waals surface area contributed by atoms with Gasteiger partial charge < -0.3 is 5.32 Å². The van der Waals surface area contributed by atoms with E-state index >= 15 is 0 Å². The molecule has 98 valence electrons. The van der Waals surface area contributed by atoms with Crippen molar-refractivity contribution in [3.05, 3.63) is 44.1 Å². The molecule has 1 aromatic heterocycles. The first-order valence-corrected chi connectivity index (χ1v) is 7.32. The van der Waals surface area contributed by atoms with Gasteiger partial charge in [-0.15, -0.1) is 11.3 Å². The topological polar surface area (TPSA) is 48.7 Å². The van der Waals surface area contributed by atoms with Crippen molar-refractivity contribution in [2.45, 2.75) is 19.9 Å². The van der Waals surface area contributed by atoms with Gasteiger partial charge in [-0.3, -0.25) is 0 Å². The highest BCUT2D eigenvalue weighted by Gasteiger charge is 2.11. The number of aromatic nitrogens is 1. The molecule has 1 aromatic carbocycles.